The highest BCUT2D eigenvalue weighted by Gasteiger charge is 2.21. The number of rotatable bonds is 7. The van der Waals surface area contributed by atoms with Gasteiger partial charge in [0.05, 0.1) is 0 Å². The van der Waals surface area contributed by atoms with Crippen LogP contribution in [0.4, 0.5) is 8.78 Å². The Labute approximate surface area is 157 Å². The molecule has 0 spiro atoms. The second kappa shape index (κ2) is 8.82. The Morgan fingerprint density at radius 3 is 2.31 bits per heavy atom. The van der Waals surface area contributed by atoms with Gasteiger partial charge in [-0.3, -0.25) is 4.79 Å². The lowest BCUT2D eigenvalue weighted by Crippen LogP contribution is -2.44. The van der Waals surface area contributed by atoms with Crippen LogP contribution < -0.4 is 10.1 Å². The Kier molecular flexibility index (Phi) is 6.76. The van der Waals surface area contributed by atoms with Crippen molar-refractivity contribution in [3.8, 4) is 5.75 Å². The monoisotopic (exact) mass is 403 g/mol. The second-order valence-electron chi connectivity index (χ2n) is 5.30. The number of ether oxygens (including phenoxy) is 1. The summed E-state index contributed by atoms with van der Waals surface area (Å²) in [7, 11) is 0. The fourth-order valence-corrected chi connectivity index (χ4v) is 2.61. The first-order chi connectivity index (χ1) is 12.2. The van der Waals surface area contributed by atoms with Gasteiger partial charge in [0.25, 0.3) is 5.91 Å². The smallest absolute Gasteiger partial charge is 0.326 e. The van der Waals surface area contributed by atoms with Crippen molar-refractivity contribution in [1.82, 2.24) is 5.32 Å². The molecule has 2 aromatic carbocycles. The van der Waals surface area contributed by atoms with Crippen molar-refractivity contribution in [3.05, 3.63) is 63.6 Å². The predicted octanol–water partition coefficient (Wildman–Crippen LogP) is 3.46. The van der Waals surface area contributed by atoms with Gasteiger partial charge < -0.3 is 15.2 Å². The van der Waals surface area contributed by atoms with E-state index in [9.17, 15) is 23.5 Å². The number of amides is 1. The highest BCUT2D eigenvalue weighted by Crippen LogP contribution is 2.24. The van der Waals surface area contributed by atoms with Crippen LogP contribution in [-0.4, -0.2) is 29.6 Å². The van der Waals surface area contributed by atoms with Crippen molar-refractivity contribution >= 4 is 35.1 Å². The highest BCUT2D eigenvalue weighted by molar-refractivity contribution is 6.34. The molecule has 9 heteroatoms. The lowest BCUT2D eigenvalue weighted by atomic mass is 10.1. The molecule has 2 aromatic rings. The molecule has 0 aliphatic heterocycles. The molecular weight excluding hydrogens is 391 g/mol. The number of benzene rings is 2. The molecule has 0 aliphatic rings. The Morgan fingerprint density at radius 1 is 1.08 bits per heavy atom. The molecule has 1 amide bonds. The zero-order valence-electron chi connectivity index (χ0n) is 13.1. The largest absolute Gasteiger partial charge is 0.484 e. The molecule has 1 atom stereocenters. The van der Waals surface area contributed by atoms with E-state index in [1.54, 1.807) is 0 Å². The molecule has 0 radical (unpaired) electrons. The fourth-order valence-electron chi connectivity index (χ4n) is 2.10. The lowest BCUT2D eigenvalue weighted by Gasteiger charge is -2.15. The molecule has 26 heavy (non-hydrogen) atoms. The molecular formula is C17H13Cl2F2NO4. The average molecular weight is 404 g/mol. The fraction of sp³-hybridized carbons (Fsp3) is 0.176. The van der Waals surface area contributed by atoms with E-state index in [1.807, 2.05) is 0 Å². The lowest BCUT2D eigenvalue weighted by molar-refractivity contribution is -0.142. The maximum Gasteiger partial charge on any atom is 0.326 e. The minimum atomic E-state index is -1.33. The Bertz CT molecular complexity index is 812. The molecule has 0 bridgehead atoms. The SMILES string of the molecule is O=C(COc1cc(Cl)cc(Cl)c1)N[C@@H](Cc1ccc(F)c(F)c1)C(=O)O. The third-order valence-electron chi connectivity index (χ3n) is 3.26. The maximum atomic E-state index is 13.2. The summed E-state index contributed by atoms with van der Waals surface area (Å²) in [4.78, 5) is 23.2. The van der Waals surface area contributed by atoms with Crippen LogP contribution in [0.25, 0.3) is 0 Å². The molecule has 0 saturated heterocycles. The number of hydrogen-bond acceptors (Lipinski definition) is 3. The molecule has 0 fully saturated rings. The average Bonchev–Trinajstić information content (AvgIpc) is 2.55. The van der Waals surface area contributed by atoms with Crippen molar-refractivity contribution < 1.29 is 28.2 Å². The quantitative estimate of drug-likeness (QED) is 0.741. The molecule has 0 heterocycles. The van der Waals surface area contributed by atoms with Crippen LogP contribution in [0.1, 0.15) is 5.56 Å². The Balaban J connectivity index is 1.96. The van der Waals surface area contributed by atoms with Crippen LogP contribution in [0, 0.1) is 11.6 Å². The van der Waals surface area contributed by atoms with Gasteiger partial charge in [-0.15, -0.1) is 0 Å². The minimum absolute atomic E-state index is 0.221. The molecule has 2 N–H and O–H groups in total. The zero-order valence-corrected chi connectivity index (χ0v) is 14.7. The number of hydrogen-bond donors (Lipinski definition) is 2. The minimum Gasteiger partial charge on any atom is -0.484 e. The van der Waals surface area contributed by atoms with Crippen LogP contribution in [0.3, 0.4) is 0 Å². The molecule has 138 valence electrons. The van der Waals surface area contributed by atoms with Gasteiger partial charge in [-0.25, -0.2) is 13.6 Å². The van der Waals surface area contributed by atoms with Gasteiger partial charge in [0.15, 0.2) is 18.2 Å². The first-order valence-electron chi connectivity index (χ1n) is 7.29. The van der Waals surface area contributed by atoms with Gasteiger partial charge in [-0.1, -0.05) is 29.3 Å². The third-order valence-corrected chi connectivity index (χ3v) is 3.70. The van der Waals surface area contributed by atoms with Gasteiger partial charge in [0.1, 0.15) is 11.8 Å². The normalized spacial score (nSPS) is 11.7. The van der Waals surface area contributed by atoms with E-state index in [4.69, 9.17) is 27.9 Å². The summed E-state index contributed by atoms with van der Waals surface area (Å²) in [5, 5.41) is 12.1. The van der Waals surface area contributed by atoms with E-state index in [2.05, 4.69) is 5.32 Å². The van der Waals surface area contributed by atoms with Crippen LogP contribution in [-0.2, 0) is 16.0 Å². The van der Waals surface area contributed by atoms with Crippen LogP contribution in [0.15, 0.2) is 36.4 Å². The summed E-state index contributed by atoms with van der Waals surface area (Å²) < 4.78 is 31.4. The highest BCUT2D eigenvalue weighted by atomic mass is 35.5. The summed E-state index contributed by atoms with van der Waals surface area (Å²) in [6, 6.07) is 6.04. The summed E-state index contributed by atoms with van der Waals surface area (Å²) in [5.74, 6) is -3.94. The van der Waals surface area contributed by atoms with Crippen LogP contribution in [0.2, 0.25) is 10.0 Å². The van der Waals surface area contributed by atoms with Crippen LogP contribution in [0.5, 0.6) is 5.75 Å². The standard InChI is InChI=1S/C17H13Cl2F2NO4/c18-10-5-11(19)7-12(6-10)26-8-16(23)22-15(17(24)25)4-9-1-2-13(20)14(21)3-9/h1-3,5-7,15H,4,8H2,(H,22,23)(H,24,25)/t15-/m0/s1. The second-order valence-corrected chi connectivity index (χ2v) is 6.18. The number of carboxylic acid groups (broad SMARTS) is 1. The Morgan fingerprint density at radius 2 is 1.73 bits per heavy atom. The van der Waals surface area contributed by atoms with E-state index >= 15 is 0 Å². The van der Waals surface area contributed by atoms with Gasteiger partial charge in [-0.05, 0) is 35.9 Å². The molecule has 0 saturated carbocycles. The first kappa shape index (κ1) is 19.9. The van der Waals surface area contributed by atoms with E-state index in [0.717, 1.165) is 12.1 Å². The summed E-state index contributed by atoms with van der Waals surface area (Å²) in [6.07, 6.45) is -0.221. The predicted molar refractivity (Wildman–Crippen MR) is 91.6 cm³/mol. The van der Waals surface area contributed by atoms with Crippen molar-refractivity contribution in [2.45, 2.75) is 12.5 Å². The number of carboxylic acids is 1. The van der Waals surface area contributed by atoms with Gasteiger partial charge in [0.2, 0.25) is 0 Å². The molecule has 0 aliphatic carbocycles. The van der Waals surface area contributed by atoms with Crippen molar-refractivity contribution in [2.75, 3.05) is 6.61 Å². The summed E-state index contributed by atoms with van der Waals surface area (Å²) in [6.45, 7) is -0.474. The summed E-state index contributed by atoms with van der Waals surface area (Å²) in [5.41, 5.74) is 0.221. The van der Waals surface area contributed by atoms with Crippen molar-refractivity contribution in [1.29, 1.82) is 0 Å². The molecule has 2 rings (SSSR count). The summed E-state index contributed by atoms with van der Waals surface area (Å²) >= 11 is 11.6. The third kappa shape index (κ3) is 5.86. The van der Waals surface area contributed by atoms with E-state index in [-0.39, 0.29) is 17.7 Å². The van der Waals surface area contributed by atoms with Gasteiger partial charge in [0, 0.05) is 16.5 Å². The maximum absolute atomic E-state index is 13.2. The number of aliphatic carboxylic acids is 1. The first-order valence-corrected chi connectivity index (χ1v) is 8.05. The molecule has 0 aromatic heterocycles. The topological polar surface area (TPSA) is 75.6 Å². The van der Waals surface area contributed by atoms with Gasteiger partial charge in [-0.2, -0.15) is 0 Å². The van der Waals surface area contributed by atoms with Crippen LogP contribution >= 0.6 is 23.2 Å². The van der Waals surface area contributed by atoms with Crippen molar-refractivity contribution in [2.24, 2.45) is 0 Å². The number of carbonyl (C=O) groups excluding carboxylic acids is 1. The van der Waals surface area contributed by atoms with E-state index < -0.39 is 36.2 Å². The van der Waals surface area contributed by atoms with E-state index in [1.165, 1.54) is 24.3 Å². The van der Waals surface area contributed by atoms with Gasteiger partial charge >= 0.3 is 5.97 Å². The number of carbonyl (C=O) groups is 2. The molecule has 0 unspecified atom stereocenters. The number of halogens is 4. The zero-order chi connectivity index (χ0) is 19.3. The van der Waals surface area contributed by atoms with E-state index in [0.29, 0.717) is 10.0 Å². The number of nitrogens with one attached hydrogen (secondary N) is 1. The Hall–Kier alpha value is -2.38. The molecule has 5 nitrogen and oxygen atoms in total. The van der Waals surface area contributed by atoms with Crippen molar-refractivity contribution in [3.63, 3.8) is 0 Å².